The van der Waals surface area contributed by atoms with Crippen LogP contribution in [0.25, 0.3) is 0 Å². The van der Waals surface area contributed by atoms with Gasteiger partial charge in [-0.05, 0) is 36.5 Å². The van der Waals surface area contributed by atoms with Crippen molar-refractivity contribution in [3.8, 4) is 0 Å². The predicted molar refractivity (Wildman–Crippen MR) is 109 cm³/mol. The first-order valence-corrected chi connectivity index (χ1v) is 10.5. The summed E-state index contributed by atoms with van der Waals surface area (Å²) in [5.41, 5.74) is -4.75. The van der Waals surface area contributed by atoms with Crippen LogP contribution in [0.1, 0.15) is 56.8 Å². The fraction of sp³-hybridized carbons (Fsp3) is 0.500. The predicted octanol–water partition coefficient (Wildman–Crippen LogP) is 4.66. The smallest absolute Gasteiger partial charge is 0.326 e. The molecule has 0 saturated heterocycles. The second-order valence-corrected chi connectivity index (χ2v) is 9.22. The van der Waals surface area contributed by atoms with E-state index in [-0.39, 0.29) is 35.7 Å². The molecule has 3 rings (SSSR count). The second kappa shape index (κ2) is 7.97. The van der Waals surface area contributed by atoms with Crippen LogP contribution < -0.4 is 5.32 Å². The highest BCUT2D eigenvalue weighted by molar-refractivity contribution is 6.31. The summed E-state index contributed by atoms with van der Waals surface area (Å²) < 4.78 is 43.7. The zero-order chi connectivity index (χ0) is 23.2. The van der Waals surface area contributed by atoms with E-state index in [1.807, 2.05) is 12.2 Å². The van der Waals surface area contributed by atoms with Crippen LogP contribution in [0.2, 0.25) is 5.02 Å². The highest BCUT2D eigenvalue weighted by Gasteiger charge is 2.71. The van der Waals surface area contributed by atoms with Crippen LogP contribution in [0.15, 0.2) is 35.5 Å². The van der Waals surface area contributed by atoms with E-state index < -0.39 is 40.3 Å². The maximum Gasteiger partial charge on any atom is 0.425 e. The summed E-state index contributed by atoms with van der Waals surface area (Å²) in [6.07, 6.45) is -4.11. The third kappa shape index (κ3) is 3.97. The summed E-state index contributed by atoms with van der Waals surface area (Å²) in [6.45, 7) is 5.44. The molecular weight excluding hydrogens is 433 g/mol. The Kier molecular flexibility index (Phi) is 5.99. The van der Waals surface area contributed by atoms with Gasteiger partial charge in [-0.1, -0.05) is 44.9 Å². The molecule has 2 amide bonds. The standard InChI is InChI=1S/C22H24ClF3N2O3/c1-4-5-9-28-15-11-20(2,3)12-16(29)17(15)21(19(28)31,22(24,25)26)27-18(30)13-7-6-8-14(23)10-13/h6-8,10H,4-5,9,11-12H2,1-3H3,(H,27,30). The molecule has 1 aromatic rings. The van der Waals surface area contributed by atoms with Gasteiger partial charge >= 0.3 is 6.18 Å². The second-order valence-electron chi connectivity index (χ2n) is 8.79. The lowest BCUT2D eigenvalue weighted by Crippen LogP contribution is -2.66. The van der Waals surface area contributed by atoms with Crippen molar-refractivity contribution in [2.45, 2.75) is 58.2 Å². The number of hydrogen-bond donors (Lipinski definition) is 1. The van der Waals surface area contributed by atoms with Gasteiger partial charge in [0.25, 0.3) is 11.8 Å². The monoisotopic (exact) mass is 456 g/mol. The molecule has 31 heavy (non-hydrogen) atoms. The number of rotatable bonds is 5. The van der Waals surface area contributed by atoms with Crippen molar-refractivity contribution in [2.75, 3.05) is 6.54 Å². The number of amides is 2. The SMILES string of the molecule is CCCCN1C(=O)C(NC(=O)c2cccc(Cl)c2)(C(F)(F)F)C2=C1CC(C)(C)CC2=O. The van der Waals surface area contributed by atoms with E-state index in [9.17, 15) is 27.6 Å². The molecule has 0 aromatic heterocycles. The van der Waals surface area contributed by atoms with Gasteiger partial charge in [-0.2, -0.15) is 13.2 Å². The molecule has 1 unspecified atom stereocenters. The number of benzene rings is 1. The molecule has 0 saturated carbocycles. The highest BCUT2D eigenvalue weighted by Crippen LogP contribution is 2.51. The Labute approximate surface area is 183 Å². The van der Waals surface area contributed by atoms with Gasteiger partial charge in [-0.3, -0.25) is 14.4 Å². The van der Waals surface area contributed by atoms with Gasteiger partial charge in [0, 0.05) is 29.2 Å². The zero-order valence-corrected chi connectivity index (χ0v) is 18.3. The number of hydrogen-bond acceptors (Lipinski definition) is 3. The molecule has 0 radical (unpaired) electrons. The topological polar surface area (TPSA) is 66.5 Å². The van der Waals surface area contributed by atoms with E-state index in [1.165, 1.54) is 24.3 Å². The summed E-state index contributed by atoms with van der Waals surface area (Å²) in [5, 5.41) is 2.06. The first-order valence-electron chi connectivity index (χ1n) is 10.1. The lowest BCUT2D eigenvalue weighted by Gasteiger charge is -2.35. The van der Waals surface area contributed by atoms with E-state index in [1.54, 1.807) is 13.8 Å². The lowest BCUT2D eigenvalue weighted by atomic mass is 9.72. The van der Waals surface area contributed by atoms with Crippen molar-refractivity contribution in [3.63, 3.8) is 0 Å². The van der Waals surface area contributed by atoms with Gasteiger partial charge in [0.05, 0.1) is 5.57 Å². The number of carbonyl (C=O) groups is 3. The fourth-order valence-corrected chi connectivity index (χ4v) is 4.44. The number of alkyl halides is 3. The molecule has 1 atom stereocenters. The molecule has 0 spiro atoms. The summed E-state index contributed by atoms with van der Waals surface area (Å²) >= 11 is 5.86. The number of ketones is 1. The van der Waals surface area contributed by atoms with Crippen LogP contribution in [0.3, 0.4) is 0 Å². The van der Waals surface area contributed by atoms with E-state index in [0.29, 0.717) is 12.8 Å². The number of Topliss-reactive ketones (excluding diaryl/α,β-unsaturated/α-hetero) is 1. The molecule has 5 nitrogen and oxygen atoms in total. The minimum Gasteiger partial charge on any atom is -0.326 e. The molecule has 1 aromatic carbocycles. The molecule has 0 fully saturated rings. The van der Waals surface area contributed by atoms with Crippen molar-refractivity contribution in [1.82, 2.24) is 10.2 Å². The number of carbonyl (C=O) groups excluding carboxylic acids is 3. The lowest BCUT2D eigenvalue weighted by molar-refractivity contribution is -0.190. The summed E-state index contributed by atoms with van der Waals surface area (Å²) in [6, 6.07) is 5.38. The van der Waals surface area contributed by atoms with Gasteiger partial charge < -0.3 is 10.2 Å². The Hall–Kier alpha value is -2.35. The van der Waals surface area contributed by atoms with Crippen molar-refractivity contribution in [3.05, 3.63) is 46.1 Å². The van der Waals surface area contributed by atoms with Crippen LogP contribution >= 0.6 is 11.6 Å². The third-order valence-electron chi connectivity index (χ3n) is 5.67. The quantitative estimate of drug-likeness (QED) is 0.701. The Morgan fingerprint density at radius 1 is 1.23 bits per heavy atom. The van der Waals surface area contributed by atoms with Gasteiger partial charge in [0.1, 0.15) is 0 Å². The maximum absolute atomic E-state index is 14.6. The molecule has 168 valence electrons. The largest absolute Gasteiger partial charge is 0.425 e. The molecule has 1 heterocycles. The summed E-state index contributed by atoms with van der Waals surface area (Å²) in [4.78, 5) is 40.1. The van der Waals surface area contributed by atoms with Crippen LogP contribution in [0, 0.1) is 5.41 Å². The minimum atomic E-state index is -5.21. The zero-order valence-electron chi connectivity index (χ0n) is 17.5. The highest BCUT2D eigenvalue weighted by atomic mass is 35.5. The van der Waals surface area contributed by atoms with Gasteiger partial charge in [0.2, 0.25) is 5.54 Å². The average molecular weight is 457 g/mol. The Morgan fingerprint density at radius 2 is 1.90 bits per heavy atom. The van der Waals surface area contributed by atoms with Crippen molar-refractivity contribution < 1.29 is 27.6 Å². The molecule has 1 aliphatic carbocycles. The third-order valence-corrected chi connectivity index (χ3v) is 5.90. The first kappa shape index (κ1) is 23.3. The van der Waals surface area contributed by atoms with E-state index in [0.717, 1.165) is 4.90 Å². The molecule has 9 heteroatoms. The van der Waals surface area contributed by atoms with Crippen LogP contribution in [-0.2, 0) is 9.59 Å². The van der Waals surface area contributed by atoms with Crippen LogP contribution in [0.5, 0.6) is 0 Å². The molecule has 0 bridgehead atoms. The molecule has 1 aliphatic heterocycles. The Bertz CT molecular complexity index is 971. The van der Waals surface area contributed by atoms with Gasteiger partial charge in [-0.25, -0.2) is 0 Å². The van der Waals surface area contributed by atoms with Gasteiger partial charge in [0.15, 0.2) is 5.78 Å². The number of nitrogens with zero attached hydrogens (tertiary/aromatic N) is 1. The minimum absolute atomic E-state index is 0.0440. The van der Waals surface area contributed by atoms with Gasteiger partial charge in [-0.15, -0.1) is 0 Å². The van der Waals surface area contributed by atoms with E-state index in [4.69, 9.17) is 11.6 Å². The molecule has 2 aliphatic rings. The Balaban J connectivity index is 2.18. The maximum atomic E-state index is 14.6. The van der Waals surface area contributed by atoms with Crippen molar-refractivity contribution in [1.29, 1.82) is 0 Å². The van der Waals surface area contributed by atoms with Crippen LogP contribution in [0.4, 0.5) is 13.2 Å². The number of unbranched alkanes of at least 4 members (excludes halogenated alkanes) is 1. The van der Waals surface area contributed by atoms with Crippen molar-refractivity contribution in [2.24, 2.45) is 5.41 Å². The fourth-order valence-electron chi connectivity index (χ4n) is 4.25. The molecule has 1 N–H and O–H groups in total. The summed E-state index contributed by atoms with van der Waals surface area (Å²) in [7, 11) is 0. The Morgan fingerprint density at radius 3 is 2.48 bits per heavy atom. The number of halogens is 4. The van der Waals surface area contributed by atoms with E-state index in [2.05, 4.69) is 0 Å². The number of nitrogens with one attached hydrogen (secondary N) is 1. The van der Waals surface area contributed by atoms with Crippen LogP contribution in [-0.4, -0.2) is 40.8 Å². The van der Waals surface area contributed by atoms with Crippen molar-refractivity contribution >= 4 is 29.2 Å². The average Bonchev–Trinajstić information content (AvgIpc) is 2.87. The number of allylic oxidation sites excluding steroid dienone is 1. The molecular formula is C22H24ClF3N2O3. The first-order chi connectivity index (χ1) is 14.3. The normalized spacial score (nSPS) is 23.3. The van der Waals surface area contributed by atoms with E-state index >= 15 is 0 Å². The summed E-state index contributed by atoms with van der Waals surface area (Å²) in [5.74, 6) is -3.24.